The van der Waals surface area contributed by atoms with E-state index in [-0.39, 0.29) is 5.91 Å². The molecule has 0 aromatic heterocycles. The van der Waals surface area contributed by atoms with Gasteiger partial charge in [-0.2, -0.15) is 0 Å². The predicted octanol–water partition coefficient (Wildman–Crippen LogP) is 3.11. The second-order valence-electron chi connectivity index (χ2n) is 5.86. The van der Waals surface area contributed by atoms with Gasteiger partial charge in [0.1, 0.15) is 0 Å². The molecular formula is C16H24N4OS. The van der Waals surface area contributed by atoms with E-state index >= 15 is 0 Å². The Hall–Kier alpha value is -1.66. The molecule has 120 valence electrons. The van der Waals surface area contributed by atoms with Gasteiger partial charge < -0.3 is 10.6 Å². The minimum absolute atomic E-state index is 0.0778. The van der Waals surface area contributed by atoms with E-state index in [0.29, 0.717) is 17.2 Å². The molecule has 0 unspecified atom stereocenters. The van der Waals surface area contributed by atoms with Gasteiger partial charge in [0.15, 0.2) is 5.11 Å². The lowest BCUT2D eigenvalue weighted by Gasteiger charge is -2.39. The highest BCUT2D eigenvalue weighted by atomic mass is 32.1. The molecule has 2 atom stereocenters. The fourth-order valence-electron chi connectivity index (χ4n) is 2.76. The molecule has 1 heterocycles. The Kier molecular flexibility index (Phi) is 5.74. The number of nitrogens with zero attached hydrogens (tertiary/aromatic N) is 1. The Morgan fingerprint density at radius 2 is 1.59 bits per heavy atom. The number of carbonyl (C=O) groups excluding carboxylic acids is 1. The summed E-state index contributed by atoms with van der Waals surface area (Å²) >= 11 is 5.39. The van der Waals surface area contributed by atoms with Gasteiger partial charge in [0, 0.05) is 30.4 Å². The number of thiocarbonyl (C=S) groups is 1. The number of rotatable bonds is 3. The lowest BCUT2D eigenvalue weighted by Crippen LogP contribution is -2.55. The maximum atomic E-state index is 11.0. The molecule has 1 aliphatic heterocycles. The molecule has 0 bridgehead atoms. The third kappa shape index (κ3) is 4.68. The highest BCUT2D eigenvalue weighted by Crippen LogP contribution is 2.20. The minimum Gasteiger partial charge on any atom is -0.332 e. The SMILES string of the molecule is CC(=O)Nc1ccc(NC(=S)NN2[C@@H](C)CCC[C@@H]2C)cc1. The van der Waals surface area contributed by atoms with Gasteiger partial charge in [-0.05, 0) is 63.2 Å². The maximum absolute atomic E-state index is 11.0. The van der Waals surface area contributed by atoms with Crippen LogP contribution in [0, 0.1) is 0 Å². The van der Waals surface area contributed by atoms with Crippen LogP contribution in [0.25, 0.3) is 0 Å². The largest absolute Gasteiger partial charge is 0.332 e. The van der Waals surface area contributed by atoms with Gasteiger partial charge in [-0.3, -0.25) is 10.2 Å². The predicted molar refractivity (Wildman–Crippen MR) is 94.7 cm³/mol. The van der Waals surface area contributed by atoms with Crippen LogP contribution in [0.15, 0.2) is 24.3 Å². The molecular weight excluding hydrogens is 296 g/mol. The number of carbonyl (C=O) groups is 1. The molecule has 0 radical (unpaired) electrons. The van der Waals surface area contributed by atoms with Crippen molar-refractivity contribution in [1.29, 1.82) is 0 Å². The number of hydrogen-bond donors (Lipinski definition) is 3. The van der Waals surface area contributed by atoms with E-state index < -0.39 is 0 Å². The van der Waals surface area contributed by atoms with E-state index in [1.54, 1.807) is 0 Å². The zero-order chi connectivity index (χ0) is 16.1. The van der Waals surface area contributed by atoms with Crippen molar-refractivity contribution < 1.29 is 4.79 Å². The van der Waals surface area contributed by atoms with E-state index in [9.17, 15) is 4.79 Å². The maximum Gasteiger partial charge on any atom is 0.221 e. The number of nitrogens with one attached hydrogen (secondary N) is 3. The van der Waals surface area contributed by atoms with Crippen molar-refractivity contribution in [2.45, 2.75) is 52.1 Å². The van der Waals surface area contributed by atoms with Gasteiger partial charge in [0.2, 0.25) is 5.91 Å². The quantitative estimate of drug-likeness (QED) is 0.747. The molecule has 1 amide bonds. The molecule has 6 heteroatoms. The molecule has 2 rings (SSSR count). The van der Waals surface area contributed by atoms with Crippen molar-refractivity contribution in [1.82, 2.24) is 10.4 Å². The summed E-state index contributed by atoms with van der Waals surface area (Å²) in [5, 5.41) is 8.73. The standard InChI is InChI=1S/C16H24N4OS/c1-11-5-4-6-12(2)20(11)19-16(22)18-15-9-7-14(8-10-15)17-13(3)21/h7-12H,4-6H2,1-3H3,(H,17,21)(H2,18,19,22)/t11-,12-/m0/s1. The van der Waals surface area contributed by atoms with Crippen LogP contribution in [0.5, 0.6) is 0 Å². The van der Waals surface area contributed by atoms with E-state index in [0.717, 1.165) is 11.4 Å². The topological polar surface area (TPSA) is 56.4 Å². The van der Waals surface area contributed by atoms with Gasteiger partial charge in [0.25, 0.3) is 0 Å². The van der Waals surface area contributed by atoms with Crippen molar-refractivity contribution in [3.8, 4) is 0 Å². The smallest absolute Gasteiger partial charge is 0.221 e. The summed E-state index contributed by atoms with van der Waals surface area (Å²) in [7, 11) is 0. The van der Waals surface area contributed by atoms with Crippen LogP contribution in [0.4, 0.5) is 11.4 Å². The summed E-state index contributed by atoms with van der Waals surface area (Å²) < 4.78 is 0. The fourth-order valence-corrected chi connectivity index (χ4v) is 2.98. The number of anilines is 2. The Labute approximate surface area is 137 Å². The summed E-state index contributed by atoms with van der Waals surface area (Å²) in [5.41, 5.74) is 4.96. The molecule has 1 aromatic rings. The molecule has 1 aromatic carbocycles. The Morgan fingerprint density at radius 1 is 1.09 bits per heavy atom. The van der Waals surface area contributed by atoms with E-state index in [2.05, 4.69) is 34.9 Å². The number of hydrogen-bond acceptors (Lipinski definition) is 3. The second kappa shape index (κ2) is 7.56. The number of hydrazine groups is 1. The van der Waals surface area contributed by atoms with Crippen molar-refractivity contribution in [2.24, 2.45) is 0 Å². The van der Waals surface area contributed by atoms with Gasteiger partial charge in [-0.15, -0.1) is 0 Å². The highest BCUT2D eigenvalue weighted by Gasteiger charge is 2.25. The molecule has 5 nitrogen and oxygen atoms in total. The summed E-state index contributed by atoms with van der Waals surface area (Å²) in [5.74, 6) is -0.0778. The van der Waals surface area contributed by atoms with Crippen molar-refractivity contribution in [3.63, 3.8) is 0 Å². The summed E-state index contributed by atoms with van der Waals surface area (Å²) in [6.07, 6.45) is 3.64. The highest BCUT2D eigenvalue weighted by molar-refractivity contribution is 7.80. The lowest BCUT2D eigenvalue weighted by atomic mass is 10.00. The first-order valence-electron chi connectivity index (χ1n) is 7.69. The average Bonchev–Trinajstić information content (AvgIpc) is 2.45. The second-order valence-corrected chi connectivity index (χ2v) is 6.27. The average molecular weight is 320 g/mol. The minimum atomic E-state index is -0.0778. The lowest BCUT2D eigenvalue weighted by molar-refractivity contribution is -0.114. The van der Waals surface area contributed by atoms with Crippen molar-refractivity contribution in [2.75, 3.05) is 10.6 Å². The van der Waals surface area contributed by atoms with Gasteiger partial charge in [0.05, 0.1) is 0 Å². The van der Waals surface area contributed by atoms with Gasteiger partial charge in [-0.25, -0.2) is 5.01 Å². The first kappa shape index (κ1) is 16.7. The van der Waals surface area contributed by atoms with Crippen molar-refractivity contribution >= 4 is 34.6 Å². The Bertz CT molecular complexity index is 521. The van der Waals surface area contributed by atoms with Crippen LogP contribution < -0.4 is 16.1 Å². The van der Waals surface area contributed by atoms with Crippen LogP contribution in [0.3, 0.4) is 0 Å². The van der Waals surface area contributed by atoms with Crippen LogP contribution >= 0.6 is 12.2 Å². The Morgan fingerprint density at radius 3 is 2.09 bits per heavy atom. The fraction of sp³-hybridized carbons (Fsp3) is 0.500. The molecule has 1 saturated heterocycles. The van der Waals surface area contributed by atoms with Gasteiger partial charge in [-0.1, -0.05) is 6.42 Å². The van der Waals surface area contributed by atoms with E-state index in [1.807, 2.05) is 24.3 Å². The molecule has 1 fully saturated rings. The summed E-state index contributed by atoms with van der Waals surface area (Å²) in [6.45, 7) is 5.92. The third-order valence-electron chi connectivity index (χ3n) is 3.89. The normalized spacial score (nSPS) is 22.0. The molecule has 22 heavy (non-hydrogen) atoms. The summed E-state index contributed by atoms with van der Waals surface area (Å²) in [6, 6.07) is 8.43. The van der Waals surface area contributed by atoms with Crippen LogP contribution in [0.2, 0.25) is 0 Å². The van der Waals surface area contributed by atoms with Gasteiger partial charge >= 0.3 is 0 Å². The number of benzene rings is 1. The first-order valence-corrected chi connectivity index (χ1v) is 8.10. The number of piperidine rings is 1. The Balaban J connectivity index is 1.90. The monoisotopic (exact) mass is 320 g/mol. The number of amides is 1. The van der Waals surface area contributed by atoms with Crippen LogP contribution in [0.1, 0.15) is 40.0 Å². The zero-order valence-corrected chi connectivity index (χ0v) is 14.2. The molecule has 1 aliphatic rings. The third-order valence-corrected chi connectivity index (χ3v) is 4.08. The van der Waals surface area contributed by atoms with E-state index in [1.165, 1.54) is 26.2 Å². The zero-order valence-electron chi connectivity index (χ0n) is 13.3. The van der Waals surface area contributed by atoms with Crippen LogP contribution in [-0.4, -0.2) is 28.1 Å². The molecule has 0 saturated carbocycles. The van der Waals surface area contributed by atoms with Crippen molar-refractivity contribution in [3.05, 3.63) is 24.3 Å². The summed E-state index contributed by atoms with van der Waals surface area (Å²) in [4.78, 5) is 11.0. The molecule has 3 N–H and O–H groups in total. The molecule has 0 aliphatic carbocycles. The van der Waals surface area contributed by atoms with Crippen LogP contribution in [-0.2, 0) is 4.79 Å². The molecule has 0 spiro atoms. The van der Waals surface area contributed by atoms with E-state index in [4.69, 9.17) is 12.2 Å². The first-order chi connectivity index (χ1) is 10.5.